The van der Waals surface area contributed by atoms with Crippen LogP contribution in [-0.2, 0) is 13.0 Å². The van der Waals surface area contributed by atoms with E-state index in [4.69, 9.17) is 4.42 Å². The summed E-state index contributed by atoms with van der Waals surface area (Å²) < 4.78 is 6.87. The Bertz CT molecular complexity index is 1250. The first-order valence-electron chi connectivity index (χ1n) is 8.57. The number of fused-ring (bicyclic) bond motifs is 2. The average Bonchev–Trinajstić information content (AvgIpc) is 2.63. The molecule has 0 amide bonds. The van der Waals surface area contributed by atoms with E-state index in [9.17, 15) is 9.59 Å². The van der Waals surface area contributed by atoms with Gasteiger partial charge >= 0.3 is 5.63 Å². The van der Waals surface area contributed by atoms with E-state index < -0.39 is 5.63 Å². The summed E-state index contributed by atoms with van der Waals surface area (Å²) in [4.78, 5) is 29.2. The highest BCUT2D eigenvalue weighted by atomic mass is 16.4. The molecule has 2 aromatic carbocycles. The van der Waals surface area contributed by atoms with Gasteiger partial charge in [0.2, 0.25) is 0 Å². The highest BCUT2D eigenvalue weighted by Gasteiger charge is 2.10. The Kier molecular flexibility index (Phi) is 3.92. The predicted molar refractivity (Wildman–Crippen MR) is 102 cm³/mol. The van der Waals surface area contributed by atoms with Crippen LogP contribution < -0.4 is 11.2 Å². The Balaban J connectivity index is 1.88. The van der Waals surface area contributed by atoms with E-state index in [-0.39, 0.29) is 12.1 Å². The topological polar surface area (TPSA) is 65.1 Å². The van der Waals surface area contributed by atoms with Gasteiger partial charge in [-0.1, -0.05) is 31.2 Å². The average molecular weight is 346 g/mol. The third kappa shape index (κ3) is 2.71. The van der Waals surface area contributed by atoms with E-state index in [1.807, 2.05) is 44.2 Å². The molecule has 0 atom stereocenters. The Morgan fingerprint density at radius 3 is 2.73 bits per heavy atom. The van der Waals surface area contributed by atoms with Gasteiger partial charge in [-0.3, -0.25) is 9.36 Å². The Morgan fingerprint density at radius 1 is 1.08 bits per heavy atom. The van der Waals surface area contributed by atoms with Crippen molar-refractivity contribution >= 4 is 21.9 Å². The summed E-state index contributed by atoms with van der Waals surface area (Å²) in [6.07, 6.45) is 2.40. The summed E-state index contributed by atoms with van der Waals surface area (Å²) in [6, 6.07) is 12.8. The molecule has 130 valence electrons. The molecule has 0 aliphatic carbocycles. The maximum atomic E-state index is 12.8. The maximum absolute atomic E-state index is 12.8. The molecule has 0 radical (unpaired) electrons. The highest BCUT2D eigenvalue weighted by Crippen LogP contribution is 2.20. The van der Waals surface area contributed by atoms with Gasteiger partial charge in [-0.15, -0.1) is 0 Å². The van der Waals surface area contributed by atoms with Crippen LogP contribution in [0.5, 0.6) is 0 Å². The SMILES string of the molecule is CCc1ccc2c(Cn3cnc4c(C)cccc4c3=O)cc(=O)oc2c1. The van der Waals surface area contributed by atoms with Crippen LogP contribution in [0, 0.1) is 6.92 Å². The first-order valence-corrected chi connectivity index (χ1v) is 8.57. The van der Waals surface area contributed by atoms with Gasteiger partial charge in [-0.05, 0) is 42.2 Å². The van der Waals surface area contributed by atoms with Gasteiger partial charge in [-0.2, -0.15) is 0 Å². The quantitative estimate of drug-likeness (QED) is 0.533. The summed E-state index contributed by atoms with van der Waals surface area (Å²) in [5.41, 5.74) is 3.52. The predicted octanol–water partition coefficient (Wildman–Crippen LogP) is 3.42. The molecule has 4 aromatic rings. The molecule has 5 nitrogen and oxygen atoms in total. The molecule has 0 bridgehead atoms. The zero-order valence-corrected chi connectivity index (χ0v) is 14.7. The van der Waals surface area contributed by atoms with Gasteiger partial charge in [0.05, 0.1) is 23.8 Å². The second kappa shape index (κ2) is 6.26. The van der Waals surface area contributed by atoms with Gasteiger partial charge in [-0.25, -0.2) is 9.78 Å². The molecule has 2 heterocycles. The summed E-state index contributed by atoms with van der Waals surface area (Å²) in [5.74, 6) is 0. The van der Waals surface area contributed by atoms with E-state index in [0.717, 1.165) is 28.5 Å². The van der Waals surface area contributed by atoms with Crippen molar-refractivity contribution in [2.75, 3.05) is 0 Å². The smallest absolute Gasteiger partial charge is 0.336 e. The van der Waals surface area contributed by atoms with Crippen LogP contribution in [-0.4, -0.2) is 9.55 Å². The first kappa shape index (κ1) is 16.3. The number of hydrogen-bond donors (Lipinski definition) is 0. The number of hydrogen-bond acceptors (Lipinski definition) is 4. The van der Waals surface area contributed by atoms with Gasteiger partial charge in [0.15, 0.2) is 0 Å². The zero-order chi connectivity index (χ0) is 18.3. The minimum Gasteiger partial charge on any atom is -0.423 e. The van der Waals surface area contributed by atoms with E-state index in [2.05, 4.69) is 4.98 Å². The lowest BCUT2D eigenvalue weighted by atomic mass is 10.1. The van der Waals surface area contributed by atoms with Gasteiger partial charge in [0.25, 0.3) is 5.56 Å². The largest absolute Gasteiger partial charge is 0.423 e. The monoisotopic (exact) mass is 346 g/mol. The molecular formula is C21H18N2O3. The molecular weight excluding hydrogens is 328 g/mol. The molecule has 0 N–H and O–H groups in total. The first-order chi connectivity index (χ1) is 12.6. The van der Waals surface area contributed by atoms with Gasteiger partial charge in [0, 0.05) is 11.5 Å². The standard InChI is InChI=1S/C21H18N2O3/c1-3-14-7-8-16-15(10-19(24)26-18(16)9-14)11-23-12-22-20-13(2)5-4-6-17(20)21(23)25/h4-10,12H,3,11H2,1-2H3. The minimum atomic E-state index is -0.418. The fourth-order valence-electron chi connectivity index (χ4n) is 3.26. The number of nitrogens with zero attached hydrogens (tertiary/aromatic N) is 2. The number of aryl methyl sites for hydroxylation is 2. The highest BCUT2D eigenvalue weighted by molar-refractivity contribution is 5.82. The third-order valence-corrected chi connectivity index (χ3v) is 4.70. The van der Waals surface area contributed by atoms with Crippen molar-refractivity contribution in [2.24, 2.45) is 0 Å². The third-order valence-electron chi connectivity index (χ3n) is 4.70. The van der Waals surface area contributed by atoms with E-state index in [1.54, 1.807) is 12.4 Å². The molecule has 26 heavy (non-hydrogen) atoms. The lowest BCUT2D eigenvalue weighted by Gasteiger charge is -2.10. The van der Waals surface area contributed by atoms with Crippen molar-refractivity contribution in [3.8, 4) is 0 Å². The fraction of sp³-hybridized carbons (Fsp3) is 0.190. The Hall–Kier alpha value is -3.21. The maximum Gasteiger partial charge on any atom is 0.336 e. The molecule has 0 unspecified atom stereocenters. The minimum absolute atomic E-state index is 0.120. The number of rotatable bonds is 3. The van der Waals surface area contributed by atoms with Crippen LogP contribution in [0.4, 0.5) is 0 Å². The van der Waals surface area contributed by atoms with Crippen molar-refractivity contribution in [3.05, 3.63) is 86.3 Å². The van der Waals surface area contributed by atoms with Crippen LogP contribution in [0.3, 0.4) is 0 Å². The van der Waals surface area contributed by atoms with Crippen molar-refractivity contribution in [2.45, 2.75) is 26.8 Å². The van der Waals surface area contributed by atoms with E-state index in [1.165, 1.54) is 10.6 Å². The van der Waals surface area contributed by atoms with Crippen molar-refractivity contribution < 1.29 is 4.42 Å². The molecule has 5 heteroatoms. The van der Waals surface area contributed by atoms with Crippen molar-refractivity contribution in [1.29, 1.82) is 0 Å². The Morgan fingerprint density at radius 2 is 1.92 bits per heavy atom. The molecule has 0 saturated heterocycles. The molecule has 4 rings (SSSR count). The molecule has 2 aromatic heterocycles. The van der Waals surface area contributed by atoms with Crippen LogP contribution in [0.1, 0.15) is 23.6 Å². The molecule has 0 fully saturated rings. The lowest BCUT2D eigenvalue weighted by molar-refractivity contribution is 0.557. The van der Waals surface area contributed by atoms with Crippen LogP contribution in [0.15, 0.2) is 62.8 Å². The van der Waals surface area contributed by atoms with Crippen LogP contribution in [0.2, 0.25) is 0 Å². The van der Waals surface area contributed by atoms with Crippen molar-refractivity contribution in [1.82, 2.24) is 9.55 Å². The zero-order valence-electron chi connectivity index (χ0n) is 14.7. The fourth-order valence-corrected chi connectivity index (χ4v) is 3.26. The number of aromatic nitrogens is 2. The van der Waals surface area contributed by atoms with Crippen LogP contribution in [0.25, 0.3) is 21.9 Å². The number of para-hydroxylation sites is 1. The van der Waals surface area contributed by atoms with Crippen LogP contribution >= 0.6 is 0 Å². The summed E-state index contributed by atoms with van der Waals surface area (Å²) in [6.45, 7) is 4.25. The molecule has 0 spiro atoms. The van der Waals surface area contributed by atoms with Gasteiger partial charge < -0.3 is 4.42 Å². The summed E-state index contributed by atoms with van der Waals surface area (Å²) in [7, 11) is 0. The second-order valence-electron chi connectivity index (χ2n) is 6.42. The molecule has 0 aliphatic rings. The normalized spacial score (nSPS) is 11.3. The lowest BCUT2D eigenvalue weighted by Crippen LogP contribution is -2.22. The van der Waals surface area contributed by atoms with Gasteiger partial charge in [0.1, 0.15) is 5.58 Å². The Labute approximate surface area is 149 Å². The summed E-state index contributed by atoms with van der Waals surface area (Å²) in [5, 5.41) is 1.41. The van der Waals surface area contributed by atoms with E-state index >= 15 is 0 Å². The second-order valence-corrected chi connectivity index (χ2v) is 6.42. The van der Waals surface area contributed by atoms with E-state index in [0.29, 0.717) is 16.5 Å². The molecule has 0 saturated carbocycles. The summed E-state index contributed by atoms with van der Waals surface area (Å²) >= 11 is 0. The van der Waals surface area contributed by atoms with Crippen molar-refractivity contribution in [3.63, 3.8) is 0 Å². The molecule has 0 aliphatic heterocycles. The number of benzene rings is 2.